The summed E-state index contributed by atoms with van der Waals surface area (Å²) in [5, 5.41) is 11.9. The first kappa shape index (κ1) is 28.0. The molecule has 2 atom stereocenters. The lowest BCUT2D eigenvalue weighted by Gasteiger charge is -2.36. The summed E-state index contributed by atoms with van der Waals surface area (Å²) in [4.78, 5) is 19.5. The Labute approximate surface area is 254 Å². The van der Waals surface area contributed by atoms with Crippen LogP contribution in [0.15, 0.2) is 60.6 Å². The molecule has 4 aromatic heterocycles. The third-order valence-corrected chi connectivity index (χ3v) is 9.27. The summed E-state index contributed by atoms with van der Waals surface area (Å²) in [5.41, 5.74) is 3.89. The average Bonchev–Trinajstić information content (AvgIpc) is 3.70. The molecular weight excluding hydrogens is 585 g/mol. The monoisotopic (exact) mass is 612 g/mol. The fraction of sp³-hybridized carbons (Fsp3) is 0.212. The van der Waals surface area contributed by atoms with E-state index in [0.717, 1.165) is 22.7 Å². The Bertz CT molecular complexity index is 2140. The molecule has 1 aliphatic rings. The van der Waals surface area contributed by atoms with Crippen molar-refractivity contribution in [1.82, 2.24) is 29.4 Å². The molecule has 0 bridgehead atoms. The van der Waals surface area contributed by atoms with E-state index in [2.05, 4.69) is 11.7 Å². The molecule has 0 saturated heterocycles. The van der Waals surface area contributed by atoms with Crippen molar-refractivity contribution >= 4 is 38.2 Å². The van der Waals surface area contributed by atoms with Gasteiger partial charge in [0.05, 0.1) is 39.4 Å². The van der Waals surface area contributed by atoms with Crippen LogP contribution in [0.5, 0.6) is 0 Å². The Hall–Kier alpha value is -4.77. The van der Waals surface area contributed by atoms with Crippen LogP contribution in [0.1, 0.15) is 37.2 Å². The lowest BCUT2D eigenvalue weighted by atomic mass is 9.92. The minimum atomic E-state index is -0.825. The van der Waals surface area contributed by atoms with Gasteiger partial charge in [0.15, 0.2) is 0 Å². The fourth-order valence-corrected chi connectivity index (χ4v) is 7.21. The first-order chi connectivity index (χ1) is 21.0. The van der Waals surface area contributed by atoms with Crippen molar-refractivity contribution in [2.45, 2.75) is 32.9 Å². The van der Waals surface area contributed by atoms with E-state index in [0.29, 0.717) is 33.8 Å². The number of thiophene rings is 1. The number of carbonyl (C=O) groups excluding carboxylic acids is 1. The van der Waals surface area contributed by atoms with Crippen molar-refractivity contribution in [1.29, 1.82) is 0 Å². The van der Waals surface area contributed by atoms with Gasteiger partial charge < -0.3 is 4.90 Å². The van der Waals surface area contributed by atoms with E-state index in [1.165, 1.54) is 28.9 Å². The molecule has 7 rings (SSSR count). The molecule has 0 aliphatic carbocycles. The maximum Gasteiger partial charge on any atom is 0.246 e. The number of aryl methyl sites for hydroxylation is 2. The highest BCUT2D eigenvalue weighted by Crippen LogP contribution is 2.47. The number of nitrogens with zero attached hydrogens (tertiary/aromatic N) is 6. The zero-order valence-corrected chi connectivity index (χ0v) is 25.2. The van der Waals surface area contributed by atoms with Crippen molar-refractivity contribution in [2.75, 3.05) is 6.54 Å². The number of aromatic nitrogens is 5. The number of hydrogen-bond donors (Lipinski definition) is 0. The molecule has 44 heavy (non-hydrogen) atoms. The second kappa shape index (κ2) is 10.2. The normalized spacial score (nSPS) is 16.6. The van der Waals surface area contributed by atoms with Crippen molar-refractivity contribution in [3.8, 4) is 33.8 Å². The molecule has 0 unspecified atom stereocenters. The maximum absolute atomic E-state index is 15.9. The summed E-state index contributed by atoms with van der Waals surface area (Å²) in [6.45, 7) is 9.49. The fourth-order valence-electron chi connectivity index (χ4n) is 6.28. The molecule has 0 fully saturated rings. The number of amides is 1. The van der Waals surface area contributed by atoms with Gasteiger partial charge in [0.1, 0.15) is 23.1 Å². The zero-order chi connectivity index (χ0) is 31.0. The van der Waals surface area contributed by atoms with Gasteiger partial charge in [-0.3, -0.25) is 14.2 Å². The summed E-state index contributed by atoms with van der Waals surface area (Å²) < 4.78 is 50.0. The quantitative estimate of drug-likeness (QED) is 0.191. The van der Waals surface area contributed by atoms with Crippen LogP contribution in [0, 0.1) is 24.4 Å². The summed E-state index contributed by atoms with van der Waals surface area (Å²) in [5.74, 6) is -2.29. The van der Waals surface area contributed by atoms with E-state index in [-0.39, 0.29) is 40.2 Å². The van der Waals surface area contributed by atoms with Gasteiger partial charge >= 0.3 is 0 Å². The van der Waals surface area contributed by atoms with Crippen LogP contribution in [0.3, 0.4) is 0 Å². The molecule has 0 N–H and O–H groups in total. The van der Waals surface area contributed by atoms with E-state index in [1.54, 1.807) is 16.5 Å². The lowest BCUT2D eigenvalue weighted by Crippen LogP contribution is -2.42. The van der Waals surface area contributed by atoms with Gasteiger partial charge in [-0.1, -0.05) is 18.7 Å². The van der Waals surface area contributed by atoms with Crippen LogP contribution < -0.4 is 0 Å². The van der Waals surface area contributed by atoms with Crippen LogP contribution in [-0.2, 0) is 11.8 Å². The van der Waals surface area contributed by atoms with E-state index in [1.807, 2.05) is 56.0 Å². The first-order valence-electron chi connectivity index (χ1n) is 14.1. The van der Waals surface area contributed by atoms with Crippen molar-refractivity contribution in [3.63, 3.8) is 0 Å². The zero-order valence-electron chi connectivity index (χ0n) is 24.4. The molecule has 1 amide bonds. The van der Waals surface area contributed by atoms with E-state index in [9.17, 15) is 9.18 Å². The van der Waals surface area contributed by atoms with Crippen LogP contribution in [0.25, 0.3) is 54.8 Å². The number of fused-ring (bicyclic) bond motifs is 3. The van der Waals surface area contributed by atoms with Gasteiger partial charge in [-0.05, 0) is 50.6 Å². The smallest absolute Gasteiger partial charge is 0.246 e. The van der Waals surface area contributed by atoms with Crippen LogP contribution in [-0.4, -0.2) is 41.9 Å². The Morgan fingerprint density at radius 2 is 1.84 bits per heavy atom. The molecule has 0 saturated carbocycles. The van der Waals surface area contributed by atoms with Crippen LogP contribution >= 0.6 is 11.3 Å². The lowest BCUT2D eigenvalue weighted by molar-refractivity contribution is -0.129. The van der Waals surface area contributed by atoms with Gasteiger partial charge in [0.25, 0.3) is 0 Å². The SMILES string of the molecule is C=CC(=O)N1C[C@H](C)n2nc(-c3nc(-c4ccc5cn(C)nc5c4)c4scc(F)c4c3-c3c(C)cc(F)cc3F)cc2[C@H]1C. The molecule has 11 heteroatoms. The summed E-state index contributed by atoms with van der Waals surface area (Å²) in [6.07, 6.45) is 3.19. The van der Waals surface area contributed by atoms with Gasteiger partial charge in [0, 0.05) is 58.7 Å². The Morgan fingerprint density at radius 1 is 1.05 bits per heavy atom. The molecule has 0 spiro atoms. The third kappa shape index (κ3) is 4.25. The van der Waals surface area contributed by atoms with E-state index >= 15 is 8.78 Å². The van der Waals surface area contributed by atoms with Crippen molar-refractivity contribution in [2.24, 2.45) is 7.05 Å². The molecular formula is C33H27F3N6OS. The van der Waals surface area contributed by atoms with E-state index in [4.69, 9.17) is 10.1 Å². The Morgan fingerprint density at radius 3 is 2.59 bits per heavy atom. The molecule has 222 valence electrons. The number of hydrogen-bond acceptors (Lipinski definition) is 5. The maximum atomic E-state index is 15.9. The Balaban J connectivity index is 1.55. The van der Waals surface area contributed by atoms with Crippen LogP contribution in [0.2, 0.25) is 0 Å². The number of pyridine rings is 1. The minimum Gasteiger partial charge on any atom is -0.329 e. The predicted octanol–water partition coefficient (Wildman–Crippen LogP) is 7.76. The van der Waals surface area contributed by atoms with Crippen LogP contribution in [0.4, 0.5) is 13.2 Å². The van der Waals surface area contributed by atoms with Crippen molar-refractivity contribution < 1.29 is 18.0 Å². The Kier molecular flexibility index (Phi) is 6.47. The first-order valence-corrected chi connectivity index (χ1v) is 15.0. The highest BCUT2D eigenvalue weighted by Gasteiger charge is 2.34. The molecule has 6 aromatic rings. The summed E-state index contributed by atoms with van der Waals surface area (Å²) >= 11 is 1.17. The average molecular weight is 613 g/mol. The number of halogens is 3. The standard InChI is InChI=1S/C33H27F3N6OS/c1-6-27(43)41-13-17(3)42-26(18(41)4)12-25(39-42)32-30(28-16(2)9-21(34)11-22(28)35)29-23(36)15-44-33(29)31(37-32)19-7-8-20-14-40(5)38-24(20)10-19/h6-12,14-15,17-18H,1,13H2,2-5H3/t17-,18+/m0/s1. The number of carbonyl (C=O) groups is 1. The molecule has 7 nitrogen and oxygen atoms in total. The highest BCUT2D eigenvalue weighted by atomic mass is 32.1. The molecule has 0 radical (unpaired) electrons. The van der Waals surface area contributed by atoms with Gasteiger partial charge in [-0.25, -0.2) is 18.2 Å². The second-order valence-electron chi connectivity index (χ2n) is 11.2. The minimum absolute atomic E-state index is 0.0541. The number of rotatable bonds is 4. The van der Waals surface area contributed by atoms with E-state index < -0.39 is 17.5 Å². The molecule has 5 heterocycles. The van der Waals surface area contributed by atoms with Gasteiger partial charge in [-0.15, -0.1) is 11.3 Å². The summed E-state index contributed by atoms with van der Waals surface area (Å²) in [7, 11) is 1.84. The molecule has 1 aliphatic heterocycles. The number of benzene rings is 2. The molecule has 2 aromatic carbocycles. The second-order valence-corrected chi connectivity index (χ2v) is 12.1. The topological polar surface area (TPSA) is 68.8 Å². The largest absolute Gasteiger partial charge is 0.329 e. The van der Waals surface area contributed by atoms with Crippen molar-refractivity contribution in [3.05, 3.63) is 89.3 Å². The van der Waals surface area contributed by atoms with Gasteiger partial charge in [0.2, 0.25) is 5.91 Å². The third-order valence-electron chi connectivity index (χ3n) is 8.31. The highest BCUT2D eigenvalue weighted by molar-refractivity contribution is 7.17. The predicted molar refractivity (Wildman–Crippen MR) is 166 cm³/mol. The summed E-state index contributed by atoms with van der Waals surface area (Å²) in [6, 6.07) is 9.04. The van der Waals surface area contributed by atoms with Gasteiger partial charge in [-0.2, -0.15) is 10.2 Å².